The number of amides is 2. The van der Waals surface area contributed by atoms with Gasteiger partial charge in [0.2, 0.25) is 5.91 Å². The van der Waals surface area contributed by atoms with E-state index in [-0.39, 0.29) is 35.7 Å². The zero-order valence-electron chi connectivity index (χ0n) is 19.5. The molecule has 4 rings (SSSR count). The van der Waals surface area contributed by atoms with Crippen LogP contribution < -0.4 is 10.6 Å². The maximum absolute atomic E-state index is 12.7. The highest BCUT2D eigenvalue weighted by molar-refractivity contribution is 7.99. The predicted octanol–water partition coefficient (Wildman–Crippen LogP) is 4.51. The molecule has 0 bridgehead atoms. The Labute approximate surface area is 225 Å². The molecule has 2 N–H and O–H groups in total. The zero-order chi connectivity index (χ0) is 25.8. The van der Waals surface area contributed by atoms with Crippen molar-refractivity contribution < 1.29 is 19.1 Å². The molecule has 190 valence electrons. The summed E-state index contributed by atoms with van der Waals surface area (Å²) in [6, 6.07) is 4.63. The fraction of sp³-hybridized carbons (Fsp3) is 0.348. The van der Waals surface area contributed by atoms with Crippen LogP contribution >= 0.6 is 46.3 Å². The van der Waals surface area contributed by atoms with Crippen molar-refractivity contribution in [2.75, 3.05) is 17.7 Å². The lowest BCUT2D eigenvalue weighted by atomic mass is 10.1. The number of halogens is 2. The Hall–Kier alpha value is -2.60. The SMILES string of the molecule is CCOC(=O)c1c(NC(=O)CSc2nnc(CNC(=O)c3ccc(Cl)cc3Cl)n2C)sc2c1CCC2. The molecule has 2 aromatic heterocycles. The number of esters is 1. The molecule has 0 radical (unpaired) electrons. The minimum Gasteiger partial charge on any atom is -0.462 e. The van der Waals surface area contributed by atoms with Gasteiger partial charge in [0.15, 0.2) is 11.0 Å². The van der Waals surface area contributed by atoms with Gasteiger partial charge in [0, 0.05) is 16.9 Å². The van der Waals surface area contributed by atoms with Crippen LogP contribution in [-0.4, -0.2) is 44.9 Å². The number of hydrogen-bond acceptors (Lipinski definition) is 8. The Morgan fingerprint density at radius 1 is 1.22 bits per heavy atom. The number of aryl methyl sites for hydroxylation is 1. The Bertz CT molecular complexity index is 1320. The van der Waals surface area contributed by atoms with Gasteiger partial charge in [-0.05, 0) is 49.9 Å². The second-order valence-electron chi connectivity index (χ2n) is 7.88. The number of nitrogens with zero attached hydrogens (tertiary/aromatic N) is 3. The lowest BCUT2D eigenvalue weighted by Gasteiger charge is -2.08. The average molecular weight is 569 g/mol. The average Bonchev–Trinajstić information content (AvgIpc) is 3.51. The monoisotopic (exact) mass is 567 g/mol. The van der Waals surface area contributed by atoms with E-state index >= 15 is 0 Å². The Morgan fingerprint density at radius 3 is 2.78 bits per heavy atom. The van der Waals surface area contributed by atoms with Crippen LogP contribution in [0.15, 0.2) is 23.4 Å². The largest absolute Gasteiger partial charge is 0.462 e. The number of benzene rings is 1. The third-order valence-electron chi connectivity index (χ3n) is 5.49. The molecular weight excluding hydrogens is 545 g/mol. The topological polar surface area (TPSA) is 115 Å². The van der Waals surface area contributed by atoms with Crippen LogP contribution in [-0.2, 0) is 36.0 Å². The highest BCUT2D eigenvalue weighted by Gasteiger charge is 2.28. The van der Waals surface area contributed by atoms with Crippen LogP contribution in [0.2, 0.25) is 10.0 Å². The number of hydrogen-bond donors (Lipinski definition) is 2. The van der Waals surface area contributed by atoms with Gasteiger partial charge in [-0.1, -0.05) is 35.0 Å². The molecule has 0 fully saturated rings. The first-order valence-corrected chi connectivity index (χ1v) is 13.7. The molecular formula is C23H23Cl2N5O4S2. The van der Waals surface area contributed by atoms with Crippen LogP contribution in [0.5, 0.6) is 0 Å². The standard InChI is InChI=1S/C23H23Cl2N5O4S2/c1-3-34-22(33)19-14-5-4-6-16(14)36-21(19)27-18(31)11-35-23-29-28-17(30(23)2)10-26-20(32)13-8-7-12(24)9-15(13)25/h7-9H,3-6,10-11H2,1-2H3,(H,26,32)(H,27,31). The number of nitrogens with one attached hydrogen (secondary N) is 2. The number of carbonyl (C=O) groups is 3. The highest BCUT2D eigenvalue weighted by atomic mass is 35.5. The second-order valence-corrected chi connectivity index (χ2v) is 10.8. The number of thiophene rings is 1. The summed E-state index contributed by atoms with van der Waals surface area (Å²) in [5.41, 5.74) is 1.77. The smallest absolute Gasteiger partial charge is 0.341 e. The molecule has 0 atom stereocenters. The molecule has 13 heteroatoms. The summed E-state index contributed by atoms with van der Waals surface area (Å²) in [5, 5.41) is 15.6. The summed E-state index contributed by atoms with van der Waals surface area (Å²) in [7, 11) is 1.75. The molecule has 0 unspecified atom stereocenters. The van der Waals surface area contributed by atoms with Gasteiger partial charge in [-0.25, -0.2) is 4.79 Å². The molecule has 0 saturated heterocycles. The fourth-order valence-electron chi connectivity index (χ4n) is 3.76. The van der Waals surface area contributed by atoms with E-state index < -0.39 is 5.97 Å². The van der Waals surface area contributed by atoms with Crippen molar-refractivity contribution in [3.63, 3.8) is 0 Å². The lowest BCUT2D eigenvalue weighted by molar-refractivity contribution is -0.113. The number of carbonyl (C=O) groups excluding carboxylic acids is 3. The molecule has 0 spiro atoms. The first kappa shape index (κ1) is 26.5. The van der Waals surface area contributed by atoms with E-state index in [1.165, 1.54) is 29.2 Å². The van der Waals surface area contributed by atoms with E-state index in [1.807, 2.05) is 0 Å². The van der Waals surface area contributed by atoms with Crippen LogP contribution in [0.3, 0.4) is 0 Å². The maximum atomic E-state index is 12.7. The summed E-state index contributed by atoms with van der Waals surface area (Å²) in [4.78, 5) is 38.7. The quantitative estimate of drug-likeness (QED) is 0.288. The van der Waals surface area contributed by atoms with Crippen LogP contribution in [0.1, 0.15) is 50.3 Å². The first-order valence-electron chi connectivity index (χ1n) is 11.1. The summed E-state index contributed by atoms with van der Waals surface area (Å²) in [5.74, 6) is -0.451. The molecule has 1 aliphatic rings. The minimum atomic E-state index is -0.403. The summed E-state index contributed by atoms with van der Waals surface area (Å²) < 4.78 is 6.91. The molecule has 2 heterocycles. The van der Waals surface area contributed by atoms with Crippen molar-refractivity contribution in [2.24, 2.45) is 7.05 Å². The van der Waals surface area contributed by atoms with Gasteiger partial charge in [0.05, 0.1) is 35.1 Å². The number of fused-ring (bicyclic) bond motifs is 1. The number of anilines is 1. The summed E-state index contributed by atoms with van der Waals surface area (Å²) in [6.07, 6.45) is 2.71. The molecule has 2 amide bonds. The fourth-order valence-corrected chi connectivity index (χ4v) is 6.28. The summed E-state index contributed by atoms with van der Waals surface area (Å²) >= 11 is 14.6. The Morgan fingerprint density at radius 2 is 2.03 bits per heavy atom. The van der Waals surface area contributed by atoms with Crippen LogP contribution in [0, 0.1) is 0 Å². The van der Waals surface area contributed by atoms with Gasteiger partial charge in [-0.2, -0.15) is 0 Å². The van der Waals surface area contributed by atoms with Crippen molar-refractivity contribution >= 4 is 69.1 Å². The highest BCUT2D eigenvalue weighted by Crippen LogP contribution is 2.39. The van der Waals surface area contributed by atoms with Gasteiger partial charge in [0.25, 0.3) is 5.91 Å². The predicted molar refractivity (Wildman–Crippen MR) is 140 cm³/mol. The van der Waals surface area contributed by atoms with Crippen molar-refractivity contribution in [1.82, 2.24) is 20.1 Å². The zero-order valence-corrected chi connectivity index (χ0v) is 22.7. The van der Waals surface area contributed by atoms with Gasteiger partial charge in [0.1, 0.15) is 5.00 Å². The van der Waals surface area contributed by atoms with Crippen molar-refractivity contribution in [1.29, 1.82) is 0 Å². The van der Waals surface area contributed by atoms with Gasteiger partial charge >= 0.3 is 5.97 Å². The number of rotatable bonds is 9. The molecule has 1 aromatic carbocycles. The minimum absolute atomic E-state index is 0.0730. The Kier molecular flexibility index (Phi) is 8.55. The normalized spacial score (nSPS) is 12.3. The molecule has 0 saturated carbocycles. The van der Waals surface area contributed by atoms with Crippen molar-refractivity contribution in [2.45, 2.75) is 37.9 Å². The lowest BCUT2D eigenvalue weighted by Crippen LogP contribution is -2.24. The van der Waals surface area contributed by atoms with Crippen LogP contribution in [0.25, 0.3) is 0 Å². The molecule has 3 aromatic rings. The van der Waals surface area contributed by atoms with Gasteiger partial charge in [-0.15, -0.1) is 21.5 Å². The number of ether oxygens (including phenoxy) is 1. The molecule has 1 aliphatic carbocycles. The second kappa shape index (κ2) is 11.6. The number of aromatic nitrogens is 3. The maximum Gasteiger partial charge on any atom is 0.341 e. The summed E-state index contributed by atoms with van der Waals surface area (Å²) in [6.45, 7) is 2.15. The molecule has 9 nitrogen and oxygen atoms in total. The van der Waals surface area contributed by atoms with E-state index in [0.29, 0.717) is 32.1 Å². The molecule has 0 aliphatic heterocycles. The Balaban J connectivity index is 1.34. The third kappa shape index (κ3) is 5.86. The number of thioether (sulfide) groups is 1. The van der Waals surface area contributed by atoms with E-state index in [9.17, 15) is 14.4 Å². The van der Waals surface area contributed by atoms with E-state index in [4.69, 9.17) is 27.9 Å². The van der Waals surface area contributed by atoms with Crippen molar-refractivity contribution in [3.05, 3.63) is 55.6 Å². The van der Waals surface area contributed by atoms with Crippen LogP contribution in [0.4, 0.5) is 5.00 Å². The van der Waals surface area contributed by atoms with E-state index in [2.05, 4.69) is 20.8 Å². The van der Waals surface area contributed by atoms with Gasteiger partial charge < -0.3 is 19.9 Å². The van der Waals surface area contributed by atoms with E-state index in [1.54, 1.807) is 30.7 Å². The van der Waals surface area contributed by atoms with E-state index in [0.717, 1.165) is 29.7 Å². The third-order valence-corrected chi connectivity index (χ3v) is 8.27. The van der Waals surface area contributed by atoms with Crippen molar-refractivity contribution in [3.8, 4) is 0 Å². The van der Waals surface area contributed by atoms with Gasteiger partial charge in [-0.3, -0.25) is 9.59 Å². The molecule has 36 heavy (non-hydrogen) atoms. The first-order chi connectivity index (χ1) is 17.3.